The van der Waals surface area contributed by atoms with E-state index < -0.39 is 11.6 Å². The first kappa shape index (κ1) is 13.1. The van der Waals surface area contributed by atoms with Crippen molar-refractivity contribution in [3.63, 3.8) is 0 Å². The third-order valence-electron chi connectivity index (χ3n) is 2.97. The van der Waals surface area contributed by atoms with Crippen molar-refractivity contribution in [2.75, 3.05) is 0 Å². The summed E-state index contributed by atoms with van der Waals surface area (Å²) in [6, 6.07) is 8.49. The van der Waals surface area contributed by atoms with Crippen LogP contribution in [0, 0.1) is 11.6 Å². The summed E-state index contributed by atoms with van der Waals surface area (Å²) in [4.78, 5) is 14.9. The molecule has 2 aromatic heterocycles. The van der Waals surface area contributed by atoms with Gasteiger partial charge in [0.1, 0.15) is 5.69 Å². The van der Waals surface area contributed by atoms with Crippen molar-refractivity contribution in [3.05, 3.63) is 66.1 Å². The molecule has 0 fully saturated rings. The number of carbonyl (C=O) groups excluding carboxylic acids is 1. The molecule has 2 heterocycles. The first-order valence-corrected chi connectivity index (χ1v) is 6.10. The Morgan fingerprint density at radius 3 is 2.43 bits per heavy atom. The molecule has 3 aromatic rings. The van der Waals surface area contributed by atoms with Gasteiger partial charge in [0.15, 0.2) is 17.9 Å². The molecule has 0 bridgehead atoms. The van der Waals surface area contributed by atoms with Crippen LogP contribution >= 0.6 is 0 Å². The minimum atomic E-state index is -0.976. The molecule has 0 aliphatic carbocycles. The molecule has 4 nitrogen and oxygen atoms in total. The maximum absolute atomic E-state index is 13.4. The predicted octanol–water partition coefficient (Wildman–Crippen LogP) is 3.03. The van der Waals surface area contributed by atoms with E-state index in [2.05, 4.69) is 10.1 Å². The van der Waals surface area contributed by atoms with E-state index in [1.165, 1.54) is 10.7 Å². The second kappa shape index (κ2) is 5.24. The Balaban J connectivity index is 2.19. The number of carbonyl (C=O) groups is 1. The summed E-state index contributed by atoms with van der Waals surface area (Å²) < 4.78 is 27.8. The monoisotopic (exact) mass is 285 g/mol. The second-order valence-electron chi connectivity index (χ2n) is 4.32. The van der Waals surface area contributed by atoms with Crippen LogP contribution in [0.2, 0.25) is 0 Å². The van der Waals surface area contributed by atoms with E-state index in [0.29, 0.717) is 17.7 Å². The Labute approximate surface area is 118 Å². The highest BCUT2D eigenvalue weighted by atomic mass is 19.2. The molecule has 3 rings (SSSR count). The van der Waals surface area contributed by atoms with Crippen molar-refractivity contribution in [2.24, 2.45) is 0 Å². The third-order valence-corrected chi connectivity index (χ3v) is 2.97. The lowest BCUT2D eigenvalue weighted by molar-refractivity contribution is 0.111. The van der Waals surface area contributed by atoms with Gasteiger partial charge < -0.3 is 0 Å². The van der Waals surface area contributed by atoms with Crippen LogP contribution in [-0.2, 0) is 0 Å². The highest BCUT2D eigenvalue weighted by molar-refractivity contribution is 5.76. The first-order valence-electron chi connectivity index (χ1n) is 6.10. The fourth-order valence-electron chi connectivity index (χ4n) is 2.00. The summed E-state index contributed by atoms with van der Waals surface area (Å²) in [5.74, 6) is -1.91. The summed E-state index contributed by atoms with van der Waals surface area (Å²) in [7, 11) is 0. The second-order valence-corrected chi connectivity index (χ2v) is 4.32. The molecule has 0 radical (unpaired) electrons. The summed E-state index contributed by atoms with van der Waals surface area (Å²) in [6.45, 7) is 0. The zero-order chi connectivity index (χ0) is 14.8. The van der Waals surface area contributed by atoms with Gasteiger partial charge in [-0.05, 0) is 30.3 Å². The van der Waals surface area contributed by atoms with Crippen molar-refractivity contribution in [1.29, 1.82) is 0 Å². The van der Waals surface area contributed by atoms with Gasteiger partial charge in [0, 0.05) is 24.0 Å². The first-order chi connectivity index (χ1) is 10.2. The van der Waals surface area contributed by atoms with Crippen LogP contribution < -0.4 is 0 Å². The molecule has 6 heteroatoms. The third kappa shape index (κ3) is 2.43. The Morgan fingerprint density at radius 2 is 1.76 bits per heavy atom. The molecule has 21 heavy (non-hydrogen) atoms. The zero-order valence-corrected chi connectivity index (χ0v) is 10.7. The minimum Gasteiger partial charge on any atom is -0.296 e. The Morgan fingerprint density at radius 1 is 1.00 bits per heavy atom. The van der Waals surface area contributed by atoms with Gasteiger partial charge in [-0.1, -0.05) is 0 Å². The Kier molecular flexibility index (Phi) is 3.27. The van der Waals surface area contributed by atoms with Crippen molar-refractivity contribution < 1.29 is 13.6 Å². The van der Waals surface area contributed by atoms with Gasteiger partial charge in [-0.3, -0.25) is 9.78 Å². The topological polar surface area (TPSA) is 47.8 Å². The van der Waals surface area contributed by atoms with Gasteiger partial charge in [0.25, 0.3) is 0 Å². The normalized spacial score (nSPS) is 10.6. The lowest BCUT2D eigenvalue weighted by Gasteiger charge is -2.07. The predicted molar refractivity (Wildman–Crippen MR) is 72.1 cm³/mol. The van der Waals surface area contributed by atoms with Gasteiger partial charge in [0.05, 0.1) is 11.4 Å². The van der Waals surface area contributed by atoms with E-state index in [-0.39, 0.29) is 5.69 Å². The molecule has 0 aliphatic heterocycles. The van der Waals surface area contributed by atoms with E-state index in [4.69, 9.17) is 0 Å². The van der Waals surface area contributed by atoms with E-state index in [9.17, 15) is 13.6 Å². The van der Waals surface area contributed by atoms with Gasteiger partial charge in [-0.2, -0.15) is 5.10 Å². The smallest absolute Gasteiger partial charge is 0.170 e. The molecule has 0 unspecified atom stereocenters. The number of nitrogens with zero attached hydrogens (tertiary/aromatic N) is 3. The van der Waals surface area contributed by atoms with Crippen LogP contribution in [0.25, 0.3) is 16.9 Å². The maximum atomic E-state index is 13.4. The molecule has 0 N–H and O–H groups in total. The van der Waals surface area contributed by atoms with Crippen LogP contribution in [0.1, 0.15) is 10.5 Å². The number of benzene rings is 1. The average molecular weight is 285 g/mol. The molecule has 0 spiro atoms. The molecule has 0 atom stereocenters. The molecule has 1 aromatic carbocycles. The Hall–Kier alpha value is -2.89. The maximum Gasteiger partial charge on any atom is 0.170 e. The molecule has 0 saturated carbocycles. The number of aromatic nitrogens is 3. The number of pyridine rings is 1. The van der Waals surface area contributed by atoms with E-state index in [0.717, 1.165) is 17.7 Å². The summed E-state index contributed by atoms with van der Waals surface area (Å²) in [5.41, 5.74) is 1.88. The van der Waals surface area contributed by atoms with Crippen molar-refractivity contribution in [3.8, 4) is 16.9 Å². The highest BCUT2D eigenvalue weighted by Gasteiger charge is 2.13. The highest BCUT2D eigenvalue weighted by Crippen LogP contribution is 2.24. The quantitative estimate of drug-likeness (QED) is 0.695. The lowest BCUT2D eigenvalue weighted by atomic mass is 10.2. The van der Waals surface area contributed by atoms with Crippen LogP contribution in [0.5, 0.6) is 0 Å². The number of hydrogen-bond donors (Lipinski definition) is 0. The minimum absolute atomic E-state index is 0.201. The molecule has 0 saturated heterocycles. The van der Waals surface area contributed by atoms with Crippen molar-refractivity contribution in [1.82, 2.24) is 14.8 Å². The molecular formula is C15H9F2N3O. The number of hydrogen-bond acceptors (Lipinski definition) is 3. The molecule has 0 amide bonds. The van der Waals surface area contributed by atoms with Crippen LogP contribution in [0.3, 0.4) is 0 Å². The van der Waals surface area contributed by atoms with Gasteiger partial charge in [0.2, 0.25) is 0 Å². The lowest BCUT2D eigenvalue weighted by Crippen LogP contribution is -2.01. The summed E-state index contributed by atoms with van der Waals surface area (Å²) >= 11 is 0. The molecular weight excluding hydrogens is 276 g/mol. The van der Waals surface area contributed by atoms with E-state index in [1.807, 2.05) is 0 Å². The van der Waals surface area contributed by atoms with Gasteiger partial charge in [-0.25, -0.2) is 13.5 Å². The van der Waals surface area contributed by atoms with Crippen molar-refractivity contribution in [2.45, 2.75) is 0 Å². The van der Waals surface area contributed by atoms with Gasteiger partial charge in [-0.15, -0.1) is 0 Å². The molecule has 104 valence electrons. The number of halogens is 2. The zero-order valence-electron chi connectivity index (χ0n) is 10.7. The van der Waals surface area contributed by atoms with Crippen LogP contribution in [-0.4, -0.2) is 21.1 Å². The largest absolute Gasteiger partial charge is 0.296 e. The fourth-order valence-corrected chi connectivity index (χ4v) is 2.00. The van der Waals surface area contributed by atoms with E-state index >= 15 is 0 Å². The summed E-state index contributed by atoms with van der Waals surface area (Å²) in [6.07, 6.45) is 3.79. The molecule has 0 aliphatic rings. The fraction of sp³-hybridized carbons (Fsp3) is 0. The Bertz CT molecular complexity index is 800. The SMILES string of the molecule is O=Cc1cc(-c2ccncc2)n(-c2ccc(F)c(F)c2)n1. The standard InChI is InChI=1S/C15H9F2N3O/c16-13-2-1-12(8-14(13)17)20-15(7-11(9-21)19-20)10-3-5-18-6-4-10/h1-9H. The van der Waals surface area contributed by atoms with E-state index in [1.54, 1.807) is 30.6 Å². The average Bonchev–Trinajstić information content (AvgIpc) is 2.95. The van der Waals surface area contributed by atoms with Crippen LogP contribution in [0.4, 0.5) is 8.78 Å². The van der Waals surface area contributed by atoms with Gasteiger partial charge >= 0.3 is 0 Å². The van der Waals surface area contributed by atoms with Crippen molar-refractivity contribution >= 4 is 6.29 Å². The number of rotatable bonds is 3. The number of aldehydes is 1. The summed E-state index contributed by atoms with van der Waals surface area (Å²) in [5, 5.41) is 4.09. The van der Waals surface area contributed by atoms with Crippen LogP contribution in [0.15, 0.2) is 48.8 Å².